The average molecular weight is 591 g/mol. The molecule has 0 saturated carbocycles. The molecular formula is C29H42N4O9. The predicted octanol–water partition coefficient (Wildman–Crippen LogP) is 1.58. The Labute approximate surface area is 245 Å². The maximum absolute atomic E-state index is 13.6. The zero-order valence-electron chi connectivity index (χ0n) is 24.6. The minimum atomic E-state index is -1.00. The first-order valence-corrected chi connectivity index (χ1v) is 14.6. The fraction of sp³-hybridized carbons (Fsp3) is 0.655. The summed E-state index contributed by atoms with van der Waals surface area (Å²) in [5, 5.41) is 19.9. The quantitative estimate of drug-likeness (QED) is 0.327. The zero-order chi connectivity index (χ0) is 30.4. The predicted molar refractivity (Wildman–Crippen MR) is 151 cm³/mol. The van der Waals surface area contributed by atoms with Crippen LogP contribution in [-0.4, -0.2) is 126 Å². The van der Waals surface area contributed by atoms with Crippen LogP contribution in [0.2, 0.25) is 0 Å². The van der Waals surface area contributed by atoms with E-state index in [-0.39, 0.29) is 51.3 Å². The third-order valence-electron chi connectivity index (χ3n) is 8.42. The van der Waals surface area contributed by atoms with Gasteiger partial charge in [0.1, 0.15) is 0 Å². The lowest BCUT2D eigenvalue weighted by atomic mass is 9.84. The van der Waals surface area contributed by atoms with E-state index < -0.39 is 29.9 Å². The third kappa shape index (κ3) is 6.73. The van der Waals surface area contributed by atoms with E-state index >= 15 is 0 Å². The highest BCUT2D eigenvalue weighted by Gasteiger charge is 2.48. The summed E-state index contributed by atoms with van der Waals surface area (Å²) < 4.78 is 16.6. The van der Waals surface area contributed by atoms with Crippen molar-refractivity contribution in [1.82, 2.24) is 19.6 Å². The van der Waals surface area contributed by atoms with E-state index in [0.29, 0.717) is 55.3 Å². The van der Waals surface area contributed by atoms with Crippen LogP contribution in [0.25, 0.3) is 0 Å². The number of ether oxygens (including phenoxy) is 3. The number of aliphatic hydroxyl groups is 1. The molecule has 13 heteroatoms. The maximum atomic E-state index is 13.6. The Kier molecular flexibility index (Phi) is 10.5. The van der Waals surface area contributed by atoms with Gasteiger partial charge in [-0.3, -0.25) is 24.2 Å². The van der Waals surface area contributed by atoms with Crippen molar-refractivity contribution in [3.8, 4) is 17.2 Å². The Morgan fingerprint density at radius 2 is 1.93 bits per heavy atom. The lowest BCUT2D eigenvalue weighted by molar-refractivity contribution is -0.144. The number of unbranched alkanes of at least 4 members (excludes halogenated alkanes) is 1. The number of nitrogens with zero attached hydrogens (tertiary/aromatic N) is 4. The molecule has 0 aromatic heterocycles. The molecule has 2 saturated heterocycles. The van der Waals surface area contributed by atoms with Gasteiger partial charge in [0.15, 0.2) is 11.5 Å². The van der Waals surface area contributed by atoms with Gasteiger partial charge >= 0.3 is 12.0 Å². The molecular weight excluding hydrogens is 548 g/mol. The summed E-state index contributed by atoms with van der Waals surface area (Å²) in [5.74, 6) is -1.38. The van der Waals surface area contributed by atoms with E-state index in [1.807, 2.05) is 11.8 Å². The highest BCUT2D eigenvalue weighted by molar-refractivity contribution is 5.96. The van der Waals surface area contributed by atoms with Gasteiger partial charge < -0.3 is 34.2 Å². The molecule has 3 atom stereocenters. The number of fused-ring (bicyclic) bond motifs is 1. The summed E-state index contributed by atoms with van der Waals surface area (Å²) >= 11 is 0. The van der Waals surface area contributed by atoms with E-state index in [2.05, 4.69) is 0 Å². The number of hydrogen-bond acceptors (Lipinski definition) is 9. The van der Waals surface area contributed by atoms with Crippen LogP contribution < -0.4 is 14.2 Å². The summed E-state index contributed by atoms with van der Waals surface area (Å²) in [4.78, 5) is 57.4. The van der Waals surface area contributed by atoms with Gasteiger partial charge in [-0.15, -0.1) is 0 Å². The second-order valence-electron chi connectivity index (χ2n) is 11.0. The van der Waals surface area contributed by atoms with E-state index in [1.165, 1.54) is 14.2 Å². The number of carbonyl (C=O) groups excluding carboxylic acids is 3. The lowest BCUT2D eigenvalue weighted by Gasteiger charge is -2.34. The van der Waals surface area contributed by atoms with Crippen molar-refractivity contribution in [3.05, 3.63) is 17.7 Å². The zero-order valence-corrected chi connectivity index (χ0v) is 24.6. The number of aliphatic carboxylic acids is 1. The first-order valence-electron chi connectivity index (χ1n) is 14.6. The van der Waals surface area contributed by atoms with Gasteiger partial charge in [0, 0.05) is 64.8 Å². The van der Waals surface area contributed by atoms with Crippen molar-refractivity contribution in [1.29, 1.82) is 0 Å². The molecule has 1 aromatic carbocycles. The first kappa shape index (κ1) is 31.4. The number of aliphatic hydroxyl groups excluding tert-OH is 1. The fourth-order valence-corrected chi connectivity index (χ4v) is 6.11. The van der Waals surface area contributed by atoms with Crippen LogP contribution in [0.3, 0.4) is 0 Å². The summed E-state index contributed by atoms with van der Waals surface area (Å²) in [6, 6.07) is 2.57. The van der Waals surface area contributed by atoms with Crippen LogP contribution in [0, 0.1) is 5.92 Å². The smallest absolute Gasteiger partial charge is 0.326 e. The van der Waals surface area contributed by atoms with Crippen molar-refractivity contribution < 1.29 is 43.6 Å². The van der Waals surface area contributed by atoms with Crippen molar-refractivity contribution >= 4 is 23.8 Å². The SMILES string of the molecule is CCCCN(CCCO)C(=O)CN1C[C@H](c2cc(OC)c3c(c2)OCO3)C(C(=O)O)[C@@H]1CCN1CCC(=O)N(C)C1=O. The van der Waals surface area contributed by atoms with Crippen LogP contribution in [-0.2, 0) is 14.4 Å². The van der Waals surface area contributed by atoms with Crippen LogP contribution >= 0.6 is 0 Å². The number of carboxylic acids is 1. The molecule has 2 fully saturated rings. The Hall–Kier alpha value is -3.58. The highest BCUT2D eigenvalue weighted by atomic mass is 16.7. The summed E-state index contributed by atoms with van der Waals surface area (Å²) in [5.41, 5.74) is 0.700. The monoisotopic (exact) mass is 590 g/mol. The van der Waals surface area contributed by atoms with Crippen molar-refractivity contribution in [2.24, 2.45) is 5.92 Å². The molecule has 3 aliphatic rings. The molecule has 4 amide bonds. The topological polar surface area (TPSA) is 149 Å². The second-order valence-corrected chi connectivity index (χ2v) is 11.0. The number of hydrogen-bond donors (Lipinski definition) is 2. The molecule has 1 unspecified atom stereocenters. The van der Waals surface area contributed by atoms with Crippen LogP contribution in [0.1, 0.15) is 50.5 Å². The van der Waals surface area contributed by atoms with Crippen molar-refractivity contribution in [2.45, 2.75) is 51.0 Å². The number of carboxylic acid groups (broad SMARTS) is 1. The largest absolute Gasteiger partial charge is 0.493 e. The van der Waals surface area contributed by atoms with E-state index in [4.69, 9.17) is 14.2 Å². The number of rotatable bonds is 14. The van der Waals surface area contributed by atoms with Gasteiger partial charge in [-0.05, 0) is 37.0 Å². The minimum absolute atomic E-state index is 0.00805. The van der Waals surface area contributed by atoms with E-state index in [9.17, 15) is 29.4 Å². The molecule has 1 aromatic rings. The van der Waals surface area contributed by atoms with Gasteiger partial charge in [0.25, 0.3) is 0 Å². The van der Waals surface area contributed by atoms with E-state index in [1.54, 1.807) is 21.9 Å². The molecule has 42 heavy (non-hydrogen) atoms. The number of benzene rings is 1. The van der Waals surface area contributed by atoms with Gasteiger partial charge in [-0.25, -0.2) is 4.79 Å². The Morgan fingerprint density at radius 1 is 1.17 bits per heavy atom. The minimum Gasteiger partial charge on any atom is -0.493 e. The molecule has 3 heterocycles. The maximum Gasteiger partial charge on any atom is 0.326 e. The molecule has 0 spiro atoms. The molecule has 2 N–H and O–H groups in total. The molecule has 0 bridgehead atoms. The highest BCUT2D eigenvalue weighted by Crippen LogP contribution is 2.47. The summed E-state index contributed by atoms with van der Waals surface area (Å²) in [6.07, 6.45) is 2.70. The van der Waals surface area contributed by atoms with Crippen molar-refractivity contribution in [3.63, 3.8) is 0 Å². The number of likely N-dealkylation sites (tertiary alicyclic amines) is 1. The third-order valence-corrected chi connectivity index (χ3v) is 8.42. The molecule has 4 rings (SSSR count). The number of imide groups is 1. The number of methoxy groups -OCH3 is 1. The Bertz CT molecular complexity index is 1150. The lowest BCUT2D eigenvalue weighted by Crippen LogP contribution is -2.52. The average Bonchev–Trinajstić information content (AvgIpc) is 3.60. The normalized spacial score (nSPS) is 22.1. The Morgan fingerprint density at radius 3 is 2.62 bits per heavy atom. The van der Waals surface area contributed by atoms with E-state index in [0.717, 1.165) is 17.7 Å². The molecule has 0 aliphatic carbocycles. The Balaban J connectivity index is 1.63. The summed E-state index contributed by atoms with van der Waals surface area (Å²) in [6.45, 7) is 3.84. The van der Waals surface area contributed by atoms with Crippen LogP contribution in [0.4, 0.5) is 4.79 Å². The van der Waals surface area contributed by atoms with Crippen LogP contribution in [0.5, 0.6) is 17.2 Å². The van der Waals surface area contributed by atoms with Gasteiger partial charge in [-0.2, -0.15) is 0 Å². The number of carbonyl (C=O) groups is 4. The van der Waals surface area contributed by atoms with Crippen LogP contribution in [0.15, 0.2) is 12.1 Å². The van der Waals surface area contributed by atoms with Gasteiger partial charge in [0.05, 0.1) is 19.6 Å². The van der Waals surface area contributed by atoms with Gasteiger partial charge in [0.2, 0.25) is 24.4 Å². The standard InChI is InChI=1S/C29H42N4O9/c1-4-5-9-31(10-6-13-34)25(36)17-33-16-20(19-14-22(40-3)27-23(15-19)41-18-42-27)26(28(37)38)21(33)7-11-32-12-8-24(35)30(2)29(32)39/h14-15,20-21,26,34H,4-13,16-18H2,1-3H3,(H,37,38)/t20-,21+,26?/m1/s1. The second kappa shape index (κ2) is 14.1. The number of urea groups is 1. The van der Waals surface area contributed by atoms with Gasteiger partial charge in [-0.1, -0.05) is 13.3 Å². The molecule has 3 aliphatic heterocycles. The summed E-state index contributed by atoms with van der Waals surface area (Å²) in [7, 11) is 2.95. The molecule has 232 valence electrons. The molecule has 13 nitrogen and oxygen atoms in total. The van der Waals surface area contributed by atoms with Crippen molar-refractivity contribution in [2.75, 3.05) is 66.8 Å². The number of amides is 4. The molecule has 0 radical (unpaired) electrons. The first-order chi connectivity index (χ1) is 20.2. The fourth-order valence-electron chi connectivity index (χ4n) is 6.11.